The van der Waals surface area contributed by atoms with Crippen LogP contribution in [0.1, 0.15) is 19.4 Å². The van der Waals surface area contributed by atoms with E-state index in [1.165, 1.54) is 28.6 Å². The Morgan fingerprint density at radius 1 is 1.11 bits per heavy atom. The summed E-state index contributed by atoms with van der Waals surface area (Å²) in [4.78, 5) is 13.4. The van der Waals surface area contributed by atoms with Crippen molar-refractivity contribution in [2.24, 2.45) is 0 Å². The molecule has 2 N–H and O–H groups in total. The SMILES string of the molecule is CCN(CC)S(=O)(=O)c1cccc(NC(=O)C[NH+](C)Cc2cccc(F)c2)c1. The lowest BCUT2D eigenvalue weighted by molar-refractivity contribution is -0.885. The number of likely N-dealkylation sites (N-methyl/N-ethyl adjacent to an activating group) is 1. The smallest absolute Gasteiger partial charge is 0.279 e. The van der Waals surface area contributed by atoms with Crippen molar-refractivity contribution in [3.63, 3.8) is 0 Å². The van der Waals surface area contributed by atoms with Gasteiger partial charge in [-0.1, -0.05) is 32.0 Å². The maximum atomic E-state index is 13.3. The van der Waals surface area contributed by atoms with Gasteiger partial charge in [0, 0.05) is 24.3 Å². The Morgan fingerprint density at radius 3 is 2.43 bits per heavy atom. The highest BCUT2D eigenvalue weighted by molar-refractivity contribution is 7.89. The summed E-state index contributed by atoms with van der Waals surface area (Å²) in [7, 11) is -1.75. The van der Waals surface area contributed by atoms with Crippen LogP contribution in [0.3, 0.4) is 0 Å². The fourth-order valence-corrected chi connectivity index (χ4v) is 4.49. The van der Waals surface area contributed by atoms with Crippen molar-refractivity contribution in [3.8, 4) is 0 Å². The second kappa shape index (κ2) is 9.77. The number of carbonyl (C=O) groups excluding carboxylic acids is 1. The van der Waals surface area contributed by atoms with E-state index in [0.717, 1.165) is 10.5 Å². The van der Waals surface area contributed by atoms with Gasteiger partial charge >= 0.3 is 0 Å². The molecule has 2 aromatic rings. The lowest BCUT2D eigenvalue weighted by Crippen LogP contribution is -3.08. The molecule has 1 amide bonds. The van der Waals surface area contributed by atoms with E-state index in [0.29, 0.717) is 25.3 Å². The number of sulfonamides is 1. The molecule has 0 heterocycles. The van der Waals surface area contributed by atoms with Gasteiger partial charge in [0.2, 0.25) is 10.0 Å². The van der Waals surface area contributed by atoms with Gasteiger partial charge in [0.15, 0.2) is 6.54 Å². The van der Waals surface area contributed by atoms with Crippen LogP contribution in [0.5, 0.6) is 0 Å². The third kappa shape index (κ3) is 5.85. The number of nitrogens with zero attached hydrogens (tertiary/aromatic N) is 1. The van der Waals surface area contributed by atoms with E-state index in [1.807, 2.05) is 13.1 Å². The Kier molecular flexibility index (Phi) is 7.68. The summed E-state index contributed by atoms with van der Waals surface area (Å²) >= 11 is 0. The highest BCUT2D eigenvalue weighted by Crippen LogP contribution is 2.19. The van der Waals surface area contributed by atoms with Gasteiger partial charge in [0.05, 0.1) is 11.9 Å². The summed E-state index contributed by atoms with van der Waals surface area (Å²) in [5.41, 5.74) is 1.23. The largest absolute Gasteiger partial charge is 0.326 e. The van der Waals surface area contributed by atoms with Gasteiger partial charge in [-0.25, -0.2) is 12.8 Å². The minimum Gasteiger partial charge on any atom is -0.326 e. The predicted molar refractivity (Wildman–Crippen MR) is 107 cm³/mol. The third-order valence-corrected chi connectivity index (χ3v) is 6.36. The van der Waals surface area contributed by atoms with Crippen LogP contribution in [0.15, 0.2) is 53.4 Å². The van der Waals surface area contributed by atoms with Gasteiger partial charge < -0.3 is 10.2 Å². The summed E-state index contributed by atoms with van der Waals surface area (Å²) in [5.74, 6) is -0.549. The van der Waals surface area contributed by atoms with Gasteiger partial charge in [-0.15, -0.1) is 0 Å². The van der Waals surface area contributed by atoms with Crippen molar-refractivity contribution in [2.75, 3.05) is 32.0 Å². The normalized spacial score (nSPS) is 12.8. The average Bonchev–Trinajstić information content (AvgIpc) is 2.62. The molecular weight excluding hydrogens is 381 g/mol. The van der Waals surface area contributed by atoms with Crippen LogP contribution in [-0.2, 0) is 21.4 Å². The number of hydrogen-bond donors (Lipinski definition) is 2. The first-order valence-corrected chi connectivity index (χ1v) is 10.7. The Bertz CT molecular complexity index is 914. The summed E-state index contributed by atoms with van der Waals surface area (Å²) in [6.07, 6.45) is 0. The predicted octanol–water partition coefficient (Wildman–Crippen LogP) is 1.51. The summed E-state index contributed by atoms with van der Waals surface area (Å²) < 4.78 is 39.9. The molecule has 28 heavy (non-hydrogen) atoms. The molecule has 0 radical (unpaired) electrons. The zero-order valence-electron chi connectivity index (χ0n) is 16.4. The maximum Gasteiger partial charge on any atom is 0.279 e. The molecule has 2 rings (SSSR count). The van der Waals surface area contributed by atoms with Crippen LogP contribution < -0.4 is 10.2 Å². The summed E-state index contributed by atoms with van der Waals surface area (Å²) in [5, 5.41) is 2.74. The molecule has 0 spiro atoms. The quantitative estimate of drug-likeness (QED) is 0.661. The molecule has 1 atom stereocenters. The molecular formula is C20H27FN3O3S+. The molecule has 0 aliphatic carbocycles. The molecule has 0 aliphatic rings. The van der Waals surface area contributed by atoms with E-state index < -0.39 is 10.0 Å². The molecule has 0 saturated carbocycles. The molecule has 0 aromatic heterocycles. The number of hydrogen-bond acceptors (Lipinski definition) is 3. The van der Waals surface area contributed by atoms with Crippen molar-refractivity contribution in [2.45, 2.75) is 25.3 Å². The molecule has 1 unspecified atom stereocenters. The Morgan fingerprint density at radius 2 is 1.79 bits per heavy atom. The van der Waals surface area contributed by atoms with E-state index in [-0.39, 0.29) is 23.2 Å². The Labute approximate surface area is 166 Å². The van der Waals surface area contributed by atoms with Gasteiger partial charge in [-0.05, 0) is 30.3 Å². The molecule has 8 heteroatoms. The standard InChI is InChI=1S/C20H26FN3O3S/c1-4-24(5-2)28(26,27)19-11-7-10-18(13-19)22-20(25)15-23(3)14-16-8-6-9-17(21)12-16/h6-13H,4-5,14-15H2,1-3H3,(H,22,25)/p+1. The Balaban J connectivity index is 2.02. The number of quaternary nitrogens is 1. The number of rotatable bonds is 9. The summed E-state index contributed by atoms with van der Waals surface area (Å²) in [6, 6.07) is 12.5. The van der Waals surface area contributed by atoms with E-state index in [4.69, 9.17) is 0 Å². The van der Waals surface area contributed by atoms with Gasteiger partial charge in [0.25, 0.3) is 5.91 Å². The van der Waals surface area contributed by atoms with Crippen LogP contribution in [0, 0.1) is 5.82 Å². The number of amides is 1. The van der Waals surface area contributed by atoms with E-state index in [9.17, 15) is 17.6 Å². The molecule has 2 aromatic carbocycles. The van der Waals surface area contributed by atoms with Crippen LogP contribution >= 0.6 is 0 Å². The van der Waals surface area contributed by atoms with Gasteiger partial charge in [0.1, 0.15) is 12.4 Å². The topological polar surface area (TPSA) is 70.9 Å². The maximum absolute atomic E-state index is 13.3. The fraction of sp³-hybridized carbons (Fsp3) is 0.350. The van der Waals surface area contributed by atoms with Crippen LogP contribution in [0.25, 0.3) is 0 Å². The first kappa shape index (κ1) is 22.0. The highest BCUT2D eigenvalue weighted by atomic mass is 32.2. The van der Waals surface area contributed by atoms with Crippen molar-refractivity contribution >= 4 is 21.6 Å². The van der Waals surface area contributed by atoms with Gasteiger partial charge in [-0.3, -0.25) is 4.79 Å². The molecule has 0 fully saturated rings. The van der Waals surface area contributed by atoms with Crippen LogP contribution in [0.4, 0.5) is 10.1 Å². The lowest BCUT2D eigenvalue weighted by Gasteiger charge is -2.19. The van der Waals surface area contributed by atoms with E-state index in [2.05, 4.69) is 5.32 Å². The number of benzene rings is 2. The average molecular weight is 409 g/mol. The minimum atomic E-state index is -3.59. The zero-order chi connectivity index (χ0) is 20.7. The minimum absolute atomic E-state index is 0.148. The second-order valence-corrected chi connectivity index (χ2v) is 8.54. The van der Waals surface area contributed by atoms with Gasteiger partial charge in [-0.2, -0.15) is 4.31 Å². The number of halogens is 1. The van der Waals surface area contributed by atoms with Crippen molar-refractivity contribution in [1.29, 1.82) is 0 Å². The van der Waals surface area contributed by atoms with Crippen LogP contribution in [-0.4, -0.2) is 45.3 Å². The molecule has 0 saturated heterocycles. The zero-order valence-corrected chi connectivity index (χ0v) is 17.2. The third-order valence-electron chi connectivity index (χ3n) is 4.32. The van der Waals surface area contributed by atoms with Crippen molar-refractivity contribution in [3.05, 3.63) is 59.9 Å². The molecule has 152 valence electrons. The van der Waals surface area contributed by atoms with Crippen molar-refractivity contribution in [1.82, 2.24) is 4.31 Å². The molecule has 0 bridgehead atoms. The van der Waals surface area contributed by atoms with E-state index in [1.54, 1.807) is 32.0 Å². The monoisotopic (exact) mass is 408 g/mol. The number of carbonyl (C=O) groups is 1. The second-order valence-electron chi connectivity index (χ2n) is 6.61. The van der Waals surface area contributed by atoms with E-state index >= 15 is 0 Å². The summed E-state index contributed by atoms with van der Waals surface area (Å²) in [6.45, 7) is 4.99. The van der Waals surface area contributed by atoms with Crippen molar-refractivity contribution < 1.29 is 22.5 Å². The fourth-order valence-electron chi connectivity index (χ4n) is 2.98. The molecule has 0 aliphatic heterocycles. The van der Waals surface area contributed by atoms with Crippen LogP contribution in [0.2, 0.25) is 0 Å². The lowest BCUT2D eigenvalue weighted by atomic mass is 10.2. The highest BCUT2D eigenvalue weighted by Gasteiger charge is 2.22. The Hall–Kier alpha value is -2.29. The number of anilines is 1. The first-order chi connectivity index (χ1) is 13.3. The first-order valence-electron chi connectivity index (χ1n) is 9.22. The molecule has 6 nitrogen and oxygen atoms in total. The number of nitrogens with one attached hydrogen (secondary N) is 2.